The zero-order chi connectivity index (χ0) is 14.2. The van der Waals surface area contributed by atoms with Crippen molar-refractivity contribution in [3.8, 4) is 0 Å². The number of furan rings is 1. The van der Waals surface area contributed by atoms with Crippen molar-refractivity contribution < 1.29 is 9.21 Å². The van der Waals surface area contributed by atoms with Crippen LogP contribution in [-0.4, -0.2) is 33.7 Å². The van der Waals surface area contributed by atoms with Crippen LogP contribution >= 0.6 is 0 Å². The molecule has 2 aromatic rings. The lowest BCUT2D eigenvalue weighted by molar-refractivity contribution is 0.0742. The van der Waals surface area contributed by atoms with Gasteiger partial charge < -0.3 is 9.32 Å². The third-order valence-corrected chi connectivity index (χ3v) is 3.63. The van der Waals surface area contributed by atoms with E-state index in [2.05, 4.69) is 5.10 Å². The maximum Gasteiger partial charge on any atom is 0.289 e. The number of amides is 1. The predicted molar refractivity (Wildman–Crippen MR) is 74.4 cm³/mol. The highest BCUT2D eigenvalue weighted by atomic mass is 16.4. The Bertz CT molecular complexity index is 606. The average molecular weight is 263 g/mol. The average Bonchev–Trinajstić information content (AvgIpc) is 2.89. The lowest BCUT2D eigenvalue weighted by Crippen LogP contribution is -2.30. The molecule has 0 saturated heterocycles. The van der Waals surface area contributed by atoms with Crippen molar-refractivity contribution in [3.63, 3.8) is 0 Å². The van der Waals surface area contributed by atoms with Gasteiger partial charge in [-0.25, -0.2) is 0 Å². The van der Waals surface area contributed by atoms with Gasteiger partial charge in [0.2, 0.25) is 5.71 Å². The lowest BCUT2D eigenvalue weighted by Gasteiger charge is -2.17. The minimum absolute atomic E-state index is 0.0528. The largest absolute Gasteiger partial charge is 0.431 e. The van der Waals surface area contributed by atoms with Crippen LogP contribution in [0.4, 0.5) is 0 Å². The van der Waals surface area contributed by atoms with Crippen molar-refractivity contribution in [2.24, 2.45) is 0 Å². The molecule has 19 heavy (non-hydrogen) atoms. The molecule has 0 spiro atoms. The number of fused-ring (bicyclic) bond motifs is 1. The number of nitrogens with zero attached hydrogens (tertiary/aromatic N) is 3. The smallest absolute Gasteiger partial charge is 0.289 e. The Morgan fingerprint density at radius 1 is 1.26 bits per heavy atom. The van der Waals surface area contributed by atoms with Crippen molar-refractivity contribution in [2.75, 3.05) is 13.1 Å². The fourth-order valence-electron chi connectivity index (χ4n) is 2.47. The summed E-state index contributed by atoms with van der Waals surface area (Å²) in [5, 5.41) is 5.35. The first-order valence-corrected chi connectivity index (χ1v) is 6.80. The number of carbonyl (C=O) groups is 1. The SMILES string of the molecule is CCN(CC)C(=O)c1oc2nn(CC)c(C)c2c1C. The van der Waals surface area contributed by atoms with Gasteiger partial charge in [0, 0.05) is 30.9 Å². The molecule has 0 aliphatic carbocycles. The van der Waals surface area contributed by atoms with Crippen molar-refractivity contribution in [1.82, 2.24) is 14.7 Å². The molecular weight excluding hydrogens is 242 g/mol. The lowest BCUT2D eigenvalue weighted by atomic mass is 10.1. The highest BCUT2D eigenvalue weighted by Crippen LogP contribution is 2.28. The highest BCUT2D eigenvalue weighted by Gasteiger charge is 2.24. The second-order valence-corrected chi connectivity index (χ2v) is 4.61. The summed E-state index contributed by atoms with van der Waals surface area (Å²) in [4.78, 5) is 14.1. The summed E-state index contributed by atoms with van der Waals surface area (Å²) < 4.78 is 7.58. The molecule has 0 bridgehead atoms. The van der Waals surface area contributed by atoms with Gasteiger partial charge >= 0.3 is 0 Å². The van der Waals surface area contributed by atoms with Crippen LogP contribution in [0.2, 0.25) is 0 Å². The molecule has 0 fully saturated rings. The van der Waals surface area contributed by atoms with Gasteiger partial charge in [0.25, 0.3) is 5.91 Å². The van der Waals surface area contributed by atoms with Crippen LogP contribution in [0.15, 0.2) is 4.42 Å². The van der Waals surface area contributed by atoms with Crippen LogP contribution in [0, 0.1) is 13.8 Å². The summed E-state index contributed by atoms with van der Waals surface area (Å²) in [5.74, 6) is 0.371. The van der Waals surface area contributed by atoms with E-state index in [1.165, 1.54) is 0 Å². The maximum atomic E-state index is 12.4. The van der Waals surface area contributed by atoms with Crippen LogP contribution in [0.25, 0.3) is 11.1 Å². The third kappa shape index (κ3) is 2.03. The molecule has 2 aromatic heterocycles. The maximum absolute atomic E-state index is 12.4. The molecular formula is C14H21N3O2. The van der Waals surface area contributed by atoms with E-state index in [4.69, 9.17) is 4.42 Å². The molecule has 0 atom stereocenters. The summed E-state index contributed by atoms with van der Waals surface area (Å²) in [7, 11) is 0. The van der Waals surface area contributed by atoms with Gasteiger partial charge in [-0.05, 0) is 34.6 Å². The Balaban J connectivity index is 2.52. The fraction of sp³-hybridized carbons (Fsp3) is 0.571. The number of hydrogen-bond donors (Lipinski definition) is 0. The van der Waals surface area contributed by atoms with Gasteiger partial charge in [0.15, 0.2) is 5.76 Å². The summed E-state index contributed by atoms with van der Waals surface area (Å²) in [6, 6.07) is 0. The summed E-state index contributed by atoms with van der Waals surface area (Å²) in [5.41, 5.74) is 2.51. The minimum atomic E-state index is -0.0528. The molecule has 0 radical (unpaired) electrons. The molecule has 5 heteroatoms. The van der Waals surface area contributed by atoms with E-state index in [0.717, 1.165) is 23.2 Å². The van der Waals surface area contributed by atoms with Gasteiger partial charge in [-0.3, -0.25) is 9.48 Å². The van der Waals surface area contributed by atoms with Crippen LogP contribution in [-0.2, 0) is 6.54 Å². The number of carbonyl (C=O) groups excluding carboxylic acids is 1. The fourth-order valence-corrected chi connectivity index (χ4v) is 2.47. The monoisotopic (exact) mass is 263 g/mol. The Kier molecular flexibility index (Phi) is 3.64. The summed E-state index contributed by atoms with van der Waals surface area (Å²) in [6.07, 6.45) is 0. The Morgan fingerprint density at radius 3 is 2.37 bits per heavy atom. The highest BCUT2D eigenvalue weighted by molar-refractivity contribution is 5.98. The zero-order valence-electron chi connectivity index (χ0n) is 12.3. The topological polar surface area (TPSA) is 51.3 Å². The first-order valence-electron chi connectivity index (χ1n) is 6.80. The summed E-state index contributed by atoms with van der Waals surface area (Å²) in [6.45, 7) is 12.1. The molecule has 0 unspecified atom stereocenters. The first kappa shape index (κ1) is 13.6. The minimum Gasteiger partial charge on any atom is -0.431 e. The van der Waals surface area contributed by atoms with E-state index in [0.29, 0.717) is 24.6 Å². The molecule has 1 amide bonds. The number of aromatic nitrogens is 2. The van der Waals surface area contributed by atoms with Gasteiger partial charge in [-0.15, -0.1) is 5.10 Å². The van der Waals surface area contributed by atoms with Crippen LogP contribution in [0.1, 0.15) is 42.6 Å². The van der Waals surface area contributed by atoms with E-state index in [-0.39, 0.29) is 5.91 Å². The quantitative estimate of drug-likeness (QED) is 0.852. The Hall–Kier alpha value is -1.78. The van der Waals surface area contributed by atoms with Crippen molar-refractivity contribution in [3.05, 3.63) is 17.0 Å². The number of rotatable bonds is 4. The van der Waals surface area contributed by atoms with Crippen molar-refractivity contribution in [1.29, 1.82) is 0 Å². The van der Waals surface area contributed by atoms with Crippen molar-refractivity contribution in [2.45, 2.75) is 41.2 Å². The zero-order valence-corrected chi connectivity index (χ0v) is 12.3. The normalized spacial score (nSPS) is 11.2. The standard InChI is InChI=1S/C14H21N3O2/c1-6-16(7-2)14(18)12-9(4)11-10(5)17(8-3)15-13(11)19-12/h6-8H2,1-5H3. The molecule has 0 saturated carbocycles. The van der Waals surface area contributed by atoms with E-state index in [9.17, 15) is 4.79 Å². The van der Waals surface area contributed by atoms with E-state index in [1.807, 2.05) is 39.3 Å². The van der Waals surface area contributed by atoms with Crippen molar-refractivity contribution >= 4 is 17.0 Å². The third-order valence-electron chi connectivity index (χ3n) is 3.63. The first-order chi connectivity index (χ1) is 9.04. The molecule has 0 aliphatic heterocycles. The van der Waals surface area contributed by atoms with Gasteiger partial charge in [0.1, 0.15) is 0 Å². The van der Waals surface area contributed by atoms with E-state index in [1.54, 1.807) is 4.90 Å². The molecule has 0 aromatic carbocycles. The van der Waals surface area contributed by atoms with E-state index >= 15 is 0 Å². The molecule has 0 N–H and O–H groups in total. The number of aryl methyl sites for hydroxylation is 3. The Labute approximate surface area is 113 Å². The van der Waals surface area contributed by atoms with Crippen LogP contribution in [0.5, 0.6) is 0 Å². The second-order valence-electron chi connectivity index (χ2n) is 4.61. The predicted octanol–water partition coefficient (Wildman–Crippen LogP) is 2.75. The van der Waals surface area contributed by atoms with Crippen LogP contribution < -0.4 is 0 Å². The molecule has 104 valence electrons. The second kappa shape index (κ2) is 5.07. The van der Waals surface area contributed by atoms with Gasteiger partial charge in [-0.2, -0.15) is 0 Å². The van der Waals surface area contributed by atoms with Gasteiger partial charge in [0.05, 0.1) is 5.39 Å². The molecule has 5 nitrogen and oxygen atoms in total. The van der Waals surface area contributed by atoms with E-state index < -0.39 is 0 Å². The molecule has 2 rings (SSSR count). The number of hydrogen-bond acceptors (Lipinski definition) is 3. The summed E-state index contributed by atoms with van der Waals surface area (Å²) >= 11 is 0. The molecule has 0 aliphatic rings. The Morgan fingerprint density at radius 2 is 1.89 bits per heavy atom. The van der Waals surface area contributed by atoms with Crippen LogP contribution in [0.3, 0.4) is 0 Å². The van der Waals surface area contributed by atoms with Gasteiger partial charge in [-0.1, -0.05) is 0 Å². The molecule has 2 heterocycles.